The molecule has 0 radical (unpaired) electrons. The highest BCUT2D eigenvalue weighted by molar-refractivity contribution is 7.80. The van der Waals surface area contributed by atoms with Crippen molar-refractivity contribution in [2.45, 2.75) is 0 Å². The number of esters is 2. The van der Waals surface area contributed by atoms with Crippen LogP contribution in [0.5, 0.6) is 11.5 Å². The van der Waals surface area contributed by atoms with Crippen molar-refractivity contribution in [3.63, 3.8) is 0 Å². The van der Waals surface area contributed by atoms with Gasteiger partial charge >= 0.3 is 11.9 Å². The summed E-state index contributed by atoms with van der Waals surface area (Å²) >= 11 is 5.32. The highest BCUT2D eigenvalue weighted by atomic mass is 32.1. The van der Waals surface area contributed by atoms with Gasteiger partial charge in [-0.15, -0.1) is 0 Å². The Morgan fingerprint density at radius 3 is 1.54 bits per heavy atom. The Labute approximate surface area is 167 Å². The lowest BCUT2D eigenvalue weighted by molar-refractivity contribution is 0.0599. The molecule has 0 bridgehead atoms. The van der Waals surface area contributed by atoms with Crippen LogP contribution < -0.4 is 20.1 Å². The molecule has 0 spiro atoms. The Morgan fingerprint density at radius 1 is 0.714 bits per heavy atom. The molecule has 0 aliphatic rings. The number of benzene rings is 2. The summed E-state index contributed by atoms with van der Waals surface area (Å²) in [5, 5.41) is 6.15. The minimum absolute atomic E-state index is 0.179. The van der Waals surface area contributed by atoms with E-state index >= 15 is 0 Å². The largest absolute Gasteiger partial charge is 0.497 e. The van der Waals surface area contributed by atoms with E-state index in [0.717, 1.165) is 0 Å². The zero-order chi connectivity index (χ0) is 20.7. The zero-order valence-corrected chi connectivity index (χ0v) is 16.6. The SMILES string of the molecule is COC(=O)c1cc(NC(=S)Nc2cc(OC)cc(OC)c2)cc(C(=O)OC)c1. The average Bonchev–Trinajstić information content (AvgIpc) is 2.71. The predicted molar refractivity (Wildman–Crippen MR) is 109 cm³/mol. The van der Waals surface area contributed by atoms with Gasteiger partial charge in [-0.3, -0.25) is 0 Å². The van der Waals surface area contributed by atoms with Gasteiger partial charge in [0.05, 0.1) is 39.6 Å². The molecule has 0 heterocycles. The first-order chi connectivity index (χ1) is 13.4. The molecule has 9 heteroatoms. The van der Waals surface area contributed by atoms with E-state index in [1.54, 1.807) is 32.4 Å². The smallest absolute Gasteiger partial charge is 0.337 e. The Kier molecular flexibility index (Phi) is 7.16. The Hall–Kier alpha value is -3.33. The molecule has 2 rings (SSSR count). The topological polar surface area (TPSA) is 95.1 Å². The van der Waals surface area contributed by atoms with E-state index < -0.39 is 11.9 Å². The van der Waals surface area contributed by atoms with Gasteiger partial charge in [0.2, 0.25) is 0 Å². The molecule has 0 amide bonds. The molecule has 2 aromatic carbocycles. The van der Waals surface area contributed by atoms with Crippen molar-refractivity contribution in [2.24, 2.45) is 0 Å². The van der Waals surface area contributed by atoms with Crippen molar-refractivity contribution in [3.8, 4) is 11.5 Å². The molecule has 8 nitrogen and oxygen atoms in total. The number of hydrogen-bond donors (Lipinski definition) is 2. The van der Waals surface area contributed by atoms with E-state index in [0.29, 0.717) is 22.9 Å². The number of carbonyl (C=O) groups is 2. The van der Waals surface area contributed by atoms with E-state index in [1.165, 1.54) is 32.4 Å². The minimum atomic E-state index is -0.592. The molecule has 148 valence electrons. The number of ether oxygens (including phenoxy) is 4. The minimum Gasteiger partial charge on any atom is -0.497 e. The van der Waals surface area contributed by atoms with E-state index in [4.69, 9.17) is 31.2 Å². The van der Waals surface area contributed by atoms with Crippen LogP contribution in [0.1, 0.15) is 20.7 Å². The standard InChI is InChI=1S/C19H20N2O6S/c1-24-15-8-14(9-16(10-15)25-2)21-19(28)20-13-6-11(17(22)26-3)5-12(7-13)18(23)27-4/h5-10H,1-4H3,(H2,20,21,28). The molecule has 0 atom stereocenters. The summed E-state index contributed by atoms with van der Waals surface area (Å²) in [6.07, 6.45) is 0. The molecule has 0 fully saturated rings. The lowest BCUT2D eigenvalue weighted by Gasteiger charge is -2.14. The second kappa shape index (κ2) is 9.56. The molecule has 0 aromatic heterocycles. The molecular weight excluding hydrogens is 384 g/mol. The van der Waals surface area contributed by atoms with E-state index in [9.17, 15) is 9.59 Å². The van der Waals surface area contributed by atoms with Crippen LogP contribution in [0.2, 0.25) is 0 Å². The Balaban J connectivity index is 2.25. The van der Waals surface area contributed by atoms with Crippen LogP contribution in [0.15, 0.2) is 36.4 Å². The van der Waals surface area contributed by atoms with Crippen LogP contribution >= 0.6 is 12.2 Å². The molecule has 0 unspecified atom stereocenters. The summed E-state index contributed by atoms with van der Waals surface area (Å²) in [6, 6.07) is 9.61. The lowest BCUT2D eigenvalue weighted by Crippen LogP contribution is -2.20. The lowest BCUT2D eigenvalue weighted by atomic mass is 10.1. The Morgan fingerprint density at radius 2 is 1.14 bits per heavy atom. The molecule has 2 aromatic rings. The van der Waals surface area contributed by atoms with Crippen LogP contribution in [0.3, 0.4) is 0 Å². The van der Waals surface area contributed by atoms with Crippen molar-refractivity contribution in [2.75, 3.05) is 39.1 Å². The fourth-order valence-corrected chi connectivity index (χ4v) is 2.58. The second-order valence-electron chi connectivity index (χ2n) is 5.46. The van der Waals surface area contributed by atoms with Gasteiger partial charge < -0.3 is 29.6 Å². The molecular formula is C19H20N2O6S. The number of anilines is 2. The van der Waals surface area contributed by atoms with Crippen molar-refractivity contribution < 1.29 is 28.5 Å². The number of thiocarbonyl (C=S) groups is 1. The molecule has 0 saturated heterocycles. The van der Waals surface area contributed by atoms with Gasteiger partial charge in [-0.05, 0) is 30.4 Å². The molecule has 0 aliphatic carbocycles. The zero-order valence-electron chi connectivity index (χ0n) is 15.8. The van der Waals surface area contributed by atoms with Crippen LogP contribution in [-0.4, -0.2) is 45.5 Å². The first kappa shape index (κ1) is 21.0. The normalized spacial score (nSPS) is 9.86. The summed E-state index contributed by atoms with van der Waals surface area (Å²) in [6.45, 7) is 0. The van der Waals surface area contributed by atoms with E-state index in [1.807, 2.05) is 0 Å². The monoisotopic (exact) mass is 404 g/mol. The number of carbonyl (C=O) groups excluding carboxylic acids is 2. The summed E-state index contributed by atoms with van der Waals surface area (Å²) in [7, 11) is 5.59. The average molecular weight is 404 g/mol. The van der Waals surface area contributed by atoms with Gasteiger partial charge in [0.25, 0.3) is 0 Å². The van der Waals surface area contributed by atoms with Gasteiger partial charge in [-0.25, -0.2) is 9.59 Å². The predicted octanol–water partition coefficient (Wildman–Crippen LogP) is 3.09. The highest BCUT2D eigenvalue weighted by Gasteiger charge is 2.14. The highest BCUT2D eigenvalue weighted by Crippen LogP contribution is 2.26. The third-order valence-corrected chi connectivity index (χ3v) is 3.85. The van der Waals surface area contributed by atoms with Gasteiger partial charge in [-0.2, -0.15) is 0 Å². The number of methoxy groups -OCH3 is 4. The maximum Gasteiger partial charge on any atom is 0.337 e. The van der Waals surface area contributed by atoms with Crippen molar-refractivity contribution in [1.29, 1.82) is 0 Å². The summed E-state index contributed by atoms with van der Waals surface area (Å²) in [5.41, 5.74) is 1.40. The third-order valence-electron chi connectivity index (χ3n) is 3.64. The number of hydrogen-bond acceptors (Lipinski definition) is 7. The summed E-state index contributed by atoms with van der Waals surface area (Å²) in [4.78, 5) is 23.7. The maximum atomic E-state index is 11.9. The molecule has 28 heavy (non-hydrogen) atoms. The van der Waals surface area contributed by atoms with Crippen LogP contribution in [0.4, 0.5) is 11.4 Å². The van der Waals surface area contributed by atoms with Gasteiger partial charge in [0.1, 0.15) is 11.5 Å². The fraction of sp³-hybridized carbons (Fsp3) is 0.211. The first-order valence-corrected chi connectivity index (χ1v) is 8.43. The van der Waals surface area contributed by atoms with Gasteiger partial charge in [0.15, 0.2) is 5.11 Å². The van der Waals surface area contributed by atoms with E-state index in [-0.39, 0.29) is 16.2 Å². The maximum absolute atomic E-state index is 11.9. The molecule has 2 N–H and O–H groups in total. The third kappa shape index (κ3) is 5.34. The quantitative estimate of drug-likeness (QED) is 0.556. The second-order valence-corrected chi connectivity index (χ2v) is 5.87. The molecule has 0 saturated carbocycles. The van der Waals surface area contributed by atoms with Crippen LogP contribution in [0.25, 0.3) is 0 Å². The van der Waals surface area contributed by atoms with Crippen molar-refractivity contribution >= 4 is 40.6 Å². The van der Waals surface area contributed by atoms with Gasteiger partial charge in [-0.1, -0.05) is 0 Å². The summed E-state index contributed by atoms with van der Waals surface area (Å²) < 4.78 is 19.9. The van der Waals surface area contributed by atoms with Gasteiger partial charge in [0, 0.05) is 29.6 Å². The van der Waals surface area contributed by atoms with Crippen LogP contribution in [0, 0.1) is 0 Å². The number of rotatable bonds is 6. The molecule has 0 aliphatic heterocycles. The fourth-order valence-electron chi connectivity index (χ4n) is 2.34. The van der Waals surface area contributed by atoms with E-state index in [2.05, 4.69) is 10.6 Å². The summed E-state index contributed by atoms with van der Waals surface area (Å²) in [5.74, 6) is -0.00828. The van der Waals surface area contributed by atoms with Crippen LogP contribution in [-0.2, 0) is 9.47 Å². The first-order valence-electron chi connectivity index (χ1n) is 8.03. The van der Waals surface area contributed by atoms with Crippen molar-refractivity contribution in [1.82, 2.24) is 0 Å². The number of nitrogens with one attached hydrogen (secondary N) is 2. The Bertz CT molecular complexity index is 843. The van der Waals surface area contributed by atoms with Crippen molar-refractivity contribution in [3.05, 3.63) is 47.5 Å².